The molecule has 2 heterocycles. The van der Waals surface area contributed by atoms with Crippen molar-refractivity contribution in [2.45, 2.75) is 26.3 Å². The molecular formula is C13H23ClN4OS. The summed E-state index contributed by atoms with van der Waals surface area (Å²) in [4.78, 5) is 18.4. The van der Waals surface area contributed by atoms with Crippen molar-refractivity contribution in [3.8, 4) is 0 Å². The number of likely N-dealkylation sites (tertiary alicyclic amines) is 1. The summed E-state index contributed by atoms with van der Waals surface area (Å²) in [7, 11) is 1.75. The molecule has 0 spiro atoms. The normalized spacial score (nSPS) is 19.4. The van der Waals surface area contributed by atoms with Gasteiger partial charge in [0.15, 0.2) is 5.13 Å². The van der Waals surface area contributed by atoms with Crippen LogP contribution < -0.4 is 10.6 Å². The molecule has 0 saturated carbocycles. The third kappa shape index (κ3) is 5.36. The molecule has 1 aromatic heterocycles. The standard InChI is InChI=1S/C13H22N4OS.ClH/c1-10-4-3-5-17(7-10)8-11-9-19-13(15-11)16-12(18)6-14-2;/h9-10,14H,3-8H2,1-2H3,(H,15,16,18);1H. The molecule has 1 unspecified atom stereocenters. The topological polar surface area (TPSA) is 57.3 Å². The molecule has 1 aliphatic rings. The molecule has 1 amide bonds. The number of thiazole rings is 1. The third-order valence-electron chi connectivity index (χ3n) is 3.26. The van der Waals surface area contributed by atoms with Crippen LogP contribution in [0.15, 0.2) is 5.38 Å². The maximum Gasteiger partial charge on any atom is 0.240 e. The lowest BCUT2D eigenvalue weighted by molar-refractivity contribution is -0.115. The van der Waals surface area contributed by atoms with Gasteiger partial charge in [-0.25, -0.2) is 4.98 Å². The molecule has 0 radical (unpaired) electrons. The number of nitrogens with one attached hydrogen (secondary N) is 2. The van der Waals surface area contributed by atoms with Gasteiger partial charge in [-0.1, -0.05) is 6.92 Å². The molecular weight excluding hydrogens is 296 g/mol. The van der Waals surface area contributed by atoms with Gasteiger partial charge in [-0.15, -0.1) is 23.7 Å². The molecule has 0 aromatic carbocycles. The number of aromatic nitrogens is 1. The molecule has 1 aromatic rings. The minimum atomic E-state index is -0.0463. The number of hydrogen-bond donors (Lipinski definition) is 2. The van der Waals surface area contributed by atoms with E-state index < -0.39 is 0 Å². The minimum absolute atomic E-state index is 0. The Morgan fingerprint density at radius 2 is 2.40 bits per heavy atom. The van der Waals surface area contributed by atoms with Crippen LogP contribution >= 0.6 is 23.7 Å². The zero-order valence-electron chi connectivity index (χ0n) is 12.0. The van der Waals surface area contributed by atoms with Crippen LogP contribution in [0.1, 0.15) is 25.5 Å². The molecule has 7 heteroatoms. The van der Waals surface area contributed by atoms with Gasteiger partial charge in [-0.05, 0) is 32.4 Å². The smallest absolute Gasteiger partial charge is 0.240 e. The first-order valence-corrected chi connectivity index (χ1v) is 7.66. The van der Waals surface area contributed by atoms with E-state index in [1.165, 1.54) is 24.2 Å². The summed E-state index contributed by atoms with van der Waals surface area (Å²) in [5.41, 5.74) is 1.05. The predicted octanol–water partition coefficient (Wildman–Crippen LogP) is 1.95. The van der Waals surface area contributed by atoms with Gasteiger partial charge >= 0.3 is 0 Å². The molecule has 20 heavy (non-hydrogen) atoms. The van der Waals surface area contributed by atoms with Crippen LogP contribution in [-0.4, -0.2) is 42.5 Å². The lowest BCUT2D eigenvalue weighted by Gasteiger charge is -2.30. The first-order chi connectivity index (χ1) is 9.17. The fourth-order valence-corrected chi connectivity index (χ4v) is 3.14. The molecule has 0 aliphatic carbocycles. The molecule has 1 saturated heterocycles. The van der Waals surface area contributed by atoms with Gasteiger partial charge in [0.1, 0.15) is 0 Å². The fraction of sp³-hybridized carbons (Fsp3) is 0.692. The highest BCUT2D eigenvalue weighted by Crippen LogP contribution is 2.20. The maximum absolute atomic E-state index is 11.4. The van der Waals surface area contributed by atoms with Gasteiger partial charge in [-0.3, -0.25) is 9.69 Å². The lowest BCUT2D eigenvalue weighted by atomic mass is 10.0. The Kier molecular flexibility index (Phi) is 7.43. The zero-order valence-corrected chi connectivity index (χ0v) is 13.6. The van der Waals surface area contributed by atoms with E-state index in [1.54, 1.807) is 7.05 Å². The third-order valence-corrected chi connectivity index (χ3v) is 4.07. The summed E-state index contributed by atoms with van der Waals surface area (Å²) >= 11 is 1.50. The molecule has 1 fully saturated rings. The Morgan fingerprint density at radius 1 is 1.60 bits per heavy atom. The number of amides is 1. The average molecular weight is 319 g/mol. The van der Waals surface area contributed by atoms with Crippen molar-refractivity contribution < 1.29 is 4.79 Å². The van der Waals surface area contributed by atoms with Gasteiger partial charge in [0.05, 0.1) is 12.2 Å². The number of likely N-dealkylation sites (N-methyl/N-ethyl adjacent to an activating group) is 1. The average Bonchev–Trinajstić information content (AvgIpc) is 2.76. The number of anilines is 1. The number of halogens is 1. The Bertz CT molecular complexity index is 426. The Morgan fingerprint density at radius 3 is 3.10 bits per heavy atom. The predicted molar refractivity (Wildman–Crippen MR) is 85.6 cm³/mol. The highest BCUT2D eigenvalue weighted by atomic mass is 35.5. The van der Waals surface area contributed by atoms with Crippen LogP contribution in [0.2, 0.25) is 0 Å². The van der Waals surface area contributed by atoms with Crippen molar-refractivity contribution in [3.05, 3.63) is 11.1 Å². The van der Waals surface area contributed by atoms with Crippen molar-refractivity contribution in [1.29, 1.82) is 0 Å². The molecule has 1 atom stereocenters. The quantitative estimate of drug-likeness (QED) is 0.871. The van der Waals surface area contributed by atoms with E-state index in [4.69, 9.17) is 0 Å². The van der Waals surface area contributed by atoms with Crippen LogP contribution in [-0.2, 0) is 11.3 Å². The van der Waals surface area contributed by atoms with Crippen molar-refractivity contribution in [2.24, 2.45) is 5.92 Å². The summed E-state index contributed by atoms with van der Waals surface area (Å²) in [6.07, 6.45) is 2.61. The fourth-order valence-electron chi connectivity index (χ4n) is 2.42. The summed E-state index contributed by atoms with van der Waals surface area (Å²) < 4.78 is 0. The maximum atomic E-state index is 11.4. The van der Waals surface area contributed by atoms with Crippen molar-refractivity contribution in [3.63, 3.8) is 0 Å². The van der Waals surface area contributed by atoms with Gasteiger partial charge < -0.3 is 10.6 Å². The van der Waals surface area contributed by atoms with Crippen LogP contribution in [0.3, 0.4) is 0 Å². The lowest BCUT2D eigenvalue weighted by Crippen LogP contribution is -2.33. The van der Waals surface area contributed by atoms with Gasteiger partial charge in [0.25, 0.3) is 0 Å². The second-order valence-electron chi connectivity index (χ2n) is 5.21. The SMILES string of the molecule is CNCC(=O)Nc1nc(CN2CCCC(C)C2)cs1.Cl. The number of rotatable bonds is 5. The van der Waals surface area contributed by atoms with E-state index >= 15 is 0 Å². The molecule has 114 valence electrons. The van der Waals surface area contributed by atoms with E-state index in [0.717, 1.165) is 31.2 Å². The minimum Gasteiger partial charge on any atom is -0.311 e. The highest BCUT2D eigenvalue weighted by molar-refractivity contribution is 7.13. The monoisotopic (exact) mass is 318 g/mol. The van der Waals surface area contributed by atoms with Crippen LogP contribution in [0.25, 0.3) is 0 Å². The number of carbonyl (C=O) groups excluding carboxylic acids is 1. The summed E-state index contributed by atoms with van der Waals surface area (Å²) in [6, 6.07) is 0. The second kappa shape index (κ2) is 8.56. The molecule has 5 nitrogen and oxygen atoms in total. The van der Waals surface area contributed by atoms with Gasteiger partial charge in [0, 0.05) is 18.5 Å². The first-order valence-electron chi connectivity index (χ1n) is 6.78. The number of piperidine rings is 1. The Labute approximate surface area is 130 Å². The summed E-state index contributed by atoms with van der Waals surface area (Å²) in [6.45, 7) is 5.82. The summed E-state index contributed by atoms with van der Waals surface area (Å²) in [5.74, 6) is 0.734. The Balaban J connectivity index is 0.00000200. The largest absolute Gasteiger partial charge is 0.311 e. The van der Waals surface area contributed by atoms with E-state index in [9.17, 15) is 4.79 Å². The molecule has 2 rings (SSSR count). The van der Waals surface area contributed by atoms with E-state index in [0.29, 0.717) is 11.7 Å². The molecule has 0 bridgehead atoms. The number of nitrogens with zero attached hydrogens (tertiary/aromatic N) is 2. The van der Waals surface area contributed by atoms with Gasteiger partial charge in [-0.2, -0.15) is 0 Å². The van der Waals surface area contributed by atoms with E-state index in [-0.39, 0.29) is 18.3 Å². The Hall–Kier alpha value is -0.690. The summed E-state index contributed by atoms with van der Waals surface area (Å²) in [5, 5.41) is 8.35. The van der Waals surface area contributed by atoms with E-state index in [2.05, 4.69) is 27.4 Å². The van der Waals surface area contributed by atoms with Crippen molar-refractivity contribution in [2.75, 3.05) is 32.0 Å². The van der Waals surface area contributed by atoms with Crippen molar-refractivity contribution >= 4 is 34.8 Å². The van der Waals surface area contributed by atoms with Gasteiger partial charge in [0.2, 0.25) is 5.91 Å². The van der Waals surface area contributed by atoms with Crippen LogP contribution in [0.4, 0.5) is 5.13 Å². The number of hydrogen-bond acceptors (Lipinski definition) is 5. The van der Waals surface area contributed by atoms with E-state index in [1.807, 2.05) is 5.38 Å². The molecule has 1 aliphatic heterocycles. The van der Waals surface area contributed by atoms with Crippen LogP contribution in [0.5, 0.6) is 0 Å². The first kappa shape index (κ1) is 17.4. The highest BCUT2D eigenvalue weighted by Gasteiger charge is 2.17. The molecule has 2 N–H and O–H groups in total. The van der Waals surface area contributed by atoms with Crippen molar-refractivity contribution in [1.82, 2.24) is 15.2 Å². The zero-order chi connectivity index (χ0) is 13.7. The van der Waals surface area contributed by atoms with Crippen LogP contribution in [0, 0.1) is 5.92 Å². The number of carbonyl (C=O) groups is 1. The second-order valence-corrected chi connectivity index (χ2v) is 6.06.